The van der Waals surface area contributed by atoms with Crippen molar-refractivity contribution in [3.05, 3.63) is 36.0 Å². The van der Waals surface area contributed by atoms with Gasteiger partial charge < -0.3 is 20.1 Å². The molecule has 23 heavy (non-hydrogen) atoms. The Labute approximate surface area is 134 Å². The molecule has 8 nitrogen and oxygen atoms in total. The van der Waals surface area contributed by atoms with Crippen molar-refractivity contribution in [1.82, 2.24) is 15.2 Å². The van der Waals surface area contributed by atoms with E-state index >= 15 is 0 Å². The van der Waals surface area contributed by atoms with Crippen molar-refractivity contribution in [1.29, 1.82) is 0 Å². The summed E-state index contributed by atoms with van der Waals surface area (Å²) in [5.74, 6) is 0.446. The highest BCUT2D eigenvalue weighted by Crippen LogP contribution is 2.19. The van der Waals surface area contributed by atoms with Crippen molar-refractivity contribution in [2.24, 2.45) is 0 Å². The Hall–Kier alpha value is -2.74. The fourth-order valence-electron chi connectivity index (χ4n) is 1.88. The van der Waals surface area contributed by atoms with Crippen molar-refractivity contribution < 1.29 is 14.3 Å². The molecular weight excluding hydrogens is 298 g/mol. The summed E-state index contributed by atoms with van der Waals surface area (Å²) in [7, 11) is 2.99. The van der Waals surface area contributed by atoms with E-state index in [2.05, 4.69) is 25.8 Å². The van der Waals surface area contributed by atoms with Crippen LogP contribution >= 0.6 is 0 Å². The van der Waals surface area contributed by atoms with Crippen LogP contribution in [-0.2, 0) is 9.47 Å². The number of nitrogens with zero attached hydrogens (tertiary/aromatic N) is 3. The number of esters is 1. The minimum atomic E-state index is -0.435. The Balaban J connectivity index is 2.07. The van der Waals surface area contributed by atoms with Crippen LogP contribution in [-0.4, -0.2) is 48.5 Å². The molecule has 0 saturated heterocycles. The minimum absolute atomic E-state index is 0.290. The minimum Gasteiger partial charge on any atom is -0.465 e. The number of ether oxygens (including phenoxy) is 2. The van der Waals surface area contributed by atoms with E-state index in [1.165, 1.54) is 13.3 Å². The Morgan fingerprint density at radius 1 is 1.26 bits per heavy atom. The fourth-order valence-corrected chi connectivity index (χ4v) is 1.88. The lowest BCUT2D eigenvalue weighted by Gasteiger charge is -2.10. The Bertz CT molecular complexity index is 651. The van der Waals surface area contributed by atoms with Gasteiger partial charge in [0.15, 0.2) is 5.82 Å². The average molecular weight is 317 g/mol. The summed E-state index contributed by atoms with van der Waals surface area (Å²) in [6.07, 6.45) is 2.39. The highest BCUT2D eigenvalue weighted by molar-refractivity contribution is 5.96. The van der Waals surface area contributed by atoms with Gasteiger partial charge in [-0.25, -0.2) is 4.79 Å². The Morgan fingerprint density at radius 2 is 2.09 bits per heavy atom. The molecule has 0 amide bonds. The first-order chi connectivity index (χ1) is 11.2. The van der Waals surface area contributed by atoms with Gasteiger partial charge in [0, 0.05) is 20.3 Å². The van der Waals surface area contributed by atoms with Gasteiger partial charge in [0.25, 0.3) is 0 Å². The topological polar surface area (TPSA) is 98.3 Å². The van der Waals surface area contributed by atoms with Crippen LogP contribution in [0.1, 0.15) is 16.8 Å². The zero-order valence-electron chi connectivity index (χ0n) is 13.1. The molecule has 2 N–H and O–H groups in total. The van der Waals surface area contributed by atoms with E-state index in [1.807, 2.05) is 0 Å². The predicted molar refractivity (Wildman–Crippen MR) is 85.9 cm³/mol. The maximum Gasteiger partial charge on any atom is 0.339 e. The van der Waals surface area contributed by atoms with Crippen LogP contribution in [0.3, 0.4) is 0 Å². The molecule has 1 heterocycles. The van der Waals surface area contributed by atoms with Crippen molar-refractivity contribution in [2.75, 3.05) is 38.0 Å². The smallest absolute Gasteiger partial charge is 0.339 e. The summed E-state index contributed by atoms with van der Waals surface area (Å²) in [5.41, 5.74) is 0.953. The SMILES string of the molecule is COCCCNc1cnnc(Nc2ccccc2C(=O)OC)n1. The highest BCUT2D eigenvalue weighted by atomic mass is 16.5. The third-order valence-corrected chi connectivity index (χ3v) is 2.97. The second kappa shape index (κ2) is 8.64. The zero-order chi connectivity index (χ0) is 16.5. The maximum absolute atomic E-state index is 11.8. The molecular formula is C15H19N5O3. The molecule has 2 rings (SSSR count). The molecule has 2 aromatic rings. The lowest BCUT2D eigenvalue weighted by molar-refractivity contribution is 0.0602. The van der Waals surface area contributed by atoms with Gasteiger partial charge in [-0.15, -0.1) is 5.10 Å². The quantitative estimate of drug-likeness (QED) is 0.562. The standard InChI is InChI=1S/C15H19N5O3/c1-22-9-5-8-16-13-10-17-20-15(19-13)18-12-7-4-3-6-11(12)14(21)23-2/h3-4,6-7,10H,5,8-9H2,1-2H3,(H2,16,18,19,20). The van der Waals surface area contributed by atoms with Crippen molar-refractivity contribution in [2.45, 2.75) is 6.42 Å². The van der Waals surface area contributed by atoms with E-state index in [4.69, 9.17) is 9.47 Å². The molecule has 0 aliphatic carbocycles. The molecule has 122 valence electrons. The third kappa shape index (κ3) is 4.89. The molecule has 0 unspecified atom stereocenters. The second-order valence-electron chi connectivity index (χ2n) is 4.60. The van der Waals surface area contributed by atoms with E-state index in [1.54, 1.807) is 31.4 Å². The molecule has 1 aromatic heterocycles. The first-order valence-electron chi connectivity index (χ1n) is 7.11. The zero-order valence-corrected chi connectivity index (χ0v) is 13.1. The number of benzene rings is 1. The Morgan fingerprint density at radius 3 is 2.87 bits per heavy atom. The molecule has 0 bridgehead atoms. The van der Waals surface area contributed by atoms with Crippen molar-refractivity contribution >= 4 is 23.4 Å². The highest BCUT2D eigenvalue weighted by Gasteiger charge is 2.12. The van der Waals surface area contributed by atoms with E-state index in [0.29, 0.717) is 30.2 Å². The molecule has 0 spiro atoms. The number of anilines is 3. The van der Waals surface area contributed by atoms with Crippen LogP contribution in [0, 0.1) is 0 Å². The molecule has 0 aliphatic heterocycles. The van der Waals surface area contributed by atoms with Crippen LogP contribution < -0.4 is 10.6 Å². The molecule has 0 radical (unpaired) electrons. The number of hydrogen-bond acceptors (Lipinski definition) is 8. The maximum atomic E-state index is 11.8. The lowest BCUT2D eigenvalue weighted by atomic mass is 10.2. The summed E-state index contributed by atoms with van der Waals surface area (Å²) in [6.45, 7) is 1.38. The first kappa shape index (κ1) is 16.6. The number of rotatable bonds is 8. The molecule has 8 heteroatoms. The third-order valence-electron chi connectivity index (χ3n) is 2.97. The Kier molecular flexibility index (Phi) is 6.25. The van der Waals surface area contributed by atoms with Crippen LogP contribution in [0.5, 0.6) is 0 Å². The van der Waals surface area contributed by atoms with Crippen LogP contribution in [0.15, 0.2) is 30.5 Å². The van der Waals surface area contributed by atoms with Gasteiger partial charge >= 0.3 is 5.97 Å². The van der Waals surface area contributed by atoms with Crippen molar-refractivity contribution in [3.8, 4) is 0 Å². The number of carbonyl (C=O) groups excluding carboxylic acids is 1. The molecule has 0 atom stereocenters. The average Bonchev–Trinajstić information content (AvgIpc) is 2.59. The van der Waals surface area contributed by atoms with Crippen molar-refractivity contribution in [3.63, 3.8) is 0 Å². The second-order valence-corrected chi connectivity index (χ2v) is 4.60. The van der Waals surface area contributed by atoms with Gasteiger partial charge in [-0.2, -0.15) is 10.1 Å². The largest absolute Gasteiger partial charge is 0.465 e. The fraction of sp³-hybridized carbons (Fsp3) is 0.333. The van der Waals surface area contributed by atoms with Gasteiger partial charge in [0.2, 0.25) is 5.95 Å². The molecule has 0 fully saturated rings. The molecule has 0 aliphatic rings. The number of hydrogen-bond donors (Lipinski definition) is 2. The first-order valence-corrected chi connectivity index (χ1v) is 7.11. The number of para-hydroxylation sites is 1. The van der Waals surface area contributed by atoms with Crippen LogP contribution in [0.2, 0.25) is 0 Å². The summed E-state index contributed by atoms with van der Waals surface area (Å²) in [4.78, 5) is 16.1. The normalized spacial score (nSPS) is 10.2. The van der Waals surface area contributed by atoms with E-state index in [9.17, 15) is 4.79 Å². The lowest BCUT2D eigenvalue weighted by Crippen LogP contribution is -2.10. The number of carbonyl (C=O) groups is 1. The van der Waals surface area contributed by atoms with Gasteiger partial charge in [0.1, 0.15) is 0 Å². The van der Waals surface area contributed by atoms with E-state index in [-0.39, 0.29) is 5.95 Å². The summed E-state index contributed by atoms with van der Waals surface area (Å²) >= 11 is 0. The predicted octanol–water partition coefficient (Wildman–Crippen LogP) is 1.85. The van der Waals surface area contributed by atoms with Gasteiger partial charge in [0.05, 0.1) is 24.6 Å². The van der Waals surface area contributed by atoms with Gasteiger partial charge in [-0.1, -0.05) is 12.1 Å². The number of methoxy groups -OCH3 is 2. The summed E-state index contributed by atoms with van der Waals surface area (Å²) in [5, 5.41) is 13.9. The summed E-state index contributed by atoms with van der Waals surface area (Å²) < 4.78 is 9.74. The van der Waals surface area contributed by atoms with Gasteiger partial charge in [-0.3, -0.25) is 0 Å². The molecule has 1 aromatic carbocycles. The van der Waals surface area contributed by atoms with E-state index in [0.717, 1.165) is 6.42 Å². The summed E-state index contributed by atoms with van der Waals surface area (Å²) in [6, 6.07) is 6.96. The van der Waals surface area contributed by atoms with E-state index < -0.39 is 5.97 Å². The monoisotopic (exact) mass is 317 g/mol. The van der Waals surface area contributed by atoms with Crippen LogP contribution in [0.25, 0.3) is 0 Å². The molecule has 0 saturated carbocycles. The van der Waals surface area contributed by atoms with Crippen LogP contribution in [0.4, 0.5) is 17.5 Å². The van der Waals surface area contributed by atoms with Gasteiger partial charge in [-0.05, 0) is 18.6 Å². The number of aromatic nitrogens is 3. The number of nitrogens with one attached hydrogen (secondary N) is 2.